The van der Waals surface area contributed by atoms with Crippen LogP contribution in [0.25, 0.3) is 0 Å². The third kappa shape index (κ3) is 4.50. The Morgan fingerprint density at radius 2 is 1.67 bits per heavy atom. The molecule has 1 aromatic carbocycles. The van der Waals surface area contributed by atoms with Gasteiger partial charge in [0.2, 0.25) is 0 Å². The average molecular weight is 332 g/mol. The van der Waals surface area contributed by atoms with Crippen LogP contribution in [0.3, 0.4) is 0 Å². The van der Waals surface area contributed by atoms with Crippen LogP contribution in [0.5, 0.6) is 0 Å². The van der Waals surface area contributed by atoms with Gasteiger partial charge >= 0.3 is 0 Å². The summed E-state index contributed by atoms with van der Waals surface area (Å²) in [6, 6.07) is 6.55. The van der Waals surface area contributed by atoms with Gasteiger partial charge in [0.25, 0.3) is 0 Å². The van der Waals surface area contributed by atoms with Gasteiger partial charge in [-0.2, -0.15) is 0 Å². The summed E-state index contributed by atoms with van der Waals surface area (Å²) >= 11 is 0. The number of nitrogens with two attached hydrogens (primary N) is 1. The van der Waals surface area contributed by atoms with E-state index in [0.717, 1.165) is 5.56 Å². The van der Waals surface area contributed by atoms with E-state index >= 15 is 0 Å². The summed E-state index contributed by atoms with van der Waals surface area (Å²) in [6.45, 7) is 1.55. The van der Waals surface area contributed by atoms with Crippen LogP contribution in [0.2, 0.25) is 0 Å². The molecule has 118 valence electrons. The standard InChI is InChI=1S/C13H20N2O4S2/c14-11-12-1-3-13(4-2-12)21(18,19)10-7-15-5-8-20(16,17)9-6-15/h1-4H,5-11,14H2. The van der Waals surface area contributed by atoms with E-state index in [2.05, 4.69) is 0 Å². The minimum Gasteiger partial charge on any atom is -0.326 e. The van der Waals surface area contributed by atoms with Crippen molar-refractivity contribution in [2.75, 3.05) is 36.9 Å². The summed E-state index contributed by atoms with van der Waals surface area (Å²) in [6.07, 6.45) is 0. The molecule has 0 spiro atoms. The van der Waals surface area contributed by atoms with E-state index < -0.39 is 19.7 Å². The molecule has 0 aliphatic carbocycles. The number of nitrogens with zero attached hydrogens (tertiary/aromatic N) is 1. The Morgan fingerprint density at radius 3 is 2.19 bits per heavy atom. The van der Waals surface area contributed by atoms with Crippen molar-refractivity contribution in [2.45, 2.75) is 11.4 Å². The molecule has 1 heterocycles. The first-order valence-corrected chi connectivity index (χ1v) is 10.2. The molecular weight excluding hydrogens is 312 g/mol. The largest absolute Gasteiger partial charge is 0.326 e. The molecule has 1 aromatic rings. The molecule has 0 saturated carbocycles. The van der Waals surface area contributed by atoms with E-state index in [1.807, 2.05) is 4.90 Å². The molecule has 0 radical (unpaired) electrons. The monoisotopic (exact) mass is 332 g/mol. The summed E-state index contributed by atoms with van der Waals surface area (Å²) < 4.78 is 47.1. The van der Waals surface area contributed by atoms with Crippen molar-refractivity contribution >= 4 is 19.7 Å². The van der Waals surface area contributed by atoms with Crippen LogP contribution in [0, 0.1) is 0 Å². The molecule has 2 N–H and O–H groups in total. The van der Waals surface area contributed by atoms with E-state index in [9.17, 15) is 16.8 Å². The summed E-state index contributed by atoms with van der Waals surface area (Å²) in [5.74, 6) is 0.214. The van der Waals surface area contributed by atoms with E-state index in [4.69, 9.17) is 5.73 Å². The first-order valence-electron chi connectivity index (χ1n) is 6.77. The lowest BCUT2D eigenvalue weighted by Crippen LogP contribution is -2.42. The molecule has 1 fully saturated rings. The third-order valence-electron chi connectivity index (χ3n) is 3.63. The van der Waals surface area contributed by atoms with Crippen molar-refractivity contribution in [3.63, 3.8) is 0 Å². The quantitative estimate of drug-likeness (QED) is 0.791. The Kier molecular flexibility index (Phi) is 5.03. The number of benzene rings is 1. The zero-order valence-corrected chi connectivity index (χ0v) is 13.4. The number of hydrogen-bond acceptors (Lipinski definition) is 6. The molecule has 21 heavy (non-hydrogen) atoms. The predicted octanol–water partition coefficient (Wildman–Crippen LogP) is -0.351. The summed E-state index contributed by atoms with van der Waals surface area (Å²) in [5.41, 5.74) is 6.37. The number of sulfone groups is 2. The fourth-order valence-electron chi connectivity index (χ4n) is 2.17. The highest BCUT2D eigenvalue weighted by molar-refractivity contribution is 7.91. The van der Waals surface area contributed by atoms with Gasteiger partial charge in [-0.15, -0.1) is 0 Å². The van der Waals surface area contributed by atoms with Crippen molar-refractivity contribution in [2.24, 2.45) is 5.73 Å². The normalized spacial score (nSPS) is 19.5. The first kappa shape index (κ1) is 16.4. The summed E-state index contributed by atoms with van der Waals surface area (Å²) in [7, 11) is -6.28. The van der Waals surface area contributed by atoms with Crippen LogP contribution in [-0.4, -0.2) is 58.6 Å². The van der Waals surface area contributed by atoms with Crippen LogP contribution in [-0.2, 0) is 26.2 Å². The van der Waals surface area contributed by atoms with Crippen molar-refractivity contribution in [1.29, 1.82) is 0 Å². The summed E-state index contributed by atoms with van der Waals surface area (Å²) in [5, 5.41) is 0. The van der Waals surface area contributed by atoms with E-state index in [1.54, 1.807) is 24.3 Å². The minimum absolute atomic E-state index is 0.00494. The zero-order valence-electron chi connectivity index (χ0n) is 11.7. The van der Waals surface area contributed by atoms with Gasteiger partial charge in [-0.25, -0.2) is 16.8 Å². The maximum absolute atomic E-state index is 12.2. The highest BCUT2D eigenvalue weighted by atomic mass is 32.2. The minimum atomic E-state index is -3.35. The zero-order chi connectivity index (χ0) is 15.5. The maximum atomic E-state index is 12.2. The Hall–Kier alpha value is -0.960. The number of hydrogen-bond donors (Lipinski definition) is 1. The van der Waals surface area contributed by atoms with Crippen LogP contribution >= 0.6 is 0 Å². The van der Waals surface area contributed by atoms with Crippen LogP contribution in [0.1, 0.15) is 5.56 Å². The van der Waals surface area contributed by atoms with Crippen molar-refractivity contribution in [1.82, 2.24) is 4.90 Å². The molecule has 0 atom stereocenters. The lowest BCUT2D eigenvalue weighted by molar-refractivity contribution is 0.312. The molecule has 1 aliphatic heterocycles. The van der Waals surface area contributed by atoms with Gasteiger partial charge in [0, 0.05) is 26.2 Å². The fourth-order valence-corrected chi connectivity index (χ4v) is 4.74. The predicted molar refractivity (Wildman–Crippen MR) is 81.5 cm³/mol. The number of rotatable bonds is 5. The van der Waals surface area contributed by atoms with Crippen LogP contribution < -0.4 is 5.73 Å². The maximum Gasteiger partial charge on any atom is 0.179 e. The second-order valence-corrected chi connectivity index (χ2v) is 9.57. The second kappa shape index (κ2) is 6.43. The molecule has 2 rings (SSSR count). The fraction of sp³-hybridized carbons (Fsp3) is 0.538. The van der Waals surface area contributed by atoms with Crippen molar-refractivity contribution in [3.05, 3.63) is 29.8 Å². The van der Waals surface area contributed by atoms with Gasteiger partial charge in [-0.1, -0.05) is 12.1 Å². The Morgan fingerprint density at radius 1 is 1.10 bits per heavy atom. The van der Waals surface area contributed by atoms with E-state index in [-0.39, 0.29) is 22.2 Å². The highest BCUT2D eigenvalue weighted by Gasteiger charge is 2.23. The molecule has 0 aromatic heterocycles. The van der Waals surface area contributed by atoms with E-state index in [0.29, 0.717) is 26.2 Å². The molecule has 1 saturated heterocycles. The van der Waals surface area contributed by atoms with Crippen LogP contribution in [0.4, 0.5) is 0 Å². The third-order valence-corrected chi connectivity index (χ3v) is 6.95. The smallest absolute Gasteiger partial charge is 0.179 e. The Balaban J connectivity index is 1.95. The molecule has 8 heteroatoms. The Bertz CT molecular complexity index is 667. The van der Waals surface area contributed by atoms with Gasteiger partial charge < -0.3 is 10.6 Å². The topological polar surface area (TPSA) is 97.5 Å². The second-order valence-electron chi connectivity index (χ2n) is 5.16. The highest BCUT2D eigenvalue weighted by Crippen LogP contribution is 2.13. The van der Waals surface area contributed by atoms with Gasteiger partial charge in [0.15, 0.2) is 19.7 Å². The van der Waals surface area contributed by atoms with Crippen LogP contribution in [0.15, 0.2) is 29.2 Å². The molecule has 6 nitrogen and oxygen atoms in total. The SMILES string of the molecule is NCc1ccc(S(=O)(=O)CCN2CCS(=O)(=O)CC2)cc1. The first-order chi connectivity index (χ1) is 9.82. The lowest BCUT2D eigenvalue weighted by Gasteiger charge is -2.26. The average Bonchev–Trinajstić information content (AvgIpc) is 2.46. The molecular formula is C13H20N2O4S2. The van der Waals surface area contributed by atoms with Gasteiger partial charge in [0.1, 0.15) is 0 Å². The molecule has 0 unspecified atom stereocenters. The van der Waals surface area contributed by atoms with Crippen molar-refractivity contribution < 1.29 is 16.8 Å². The van der Waals surface area contributed by atoms with Crippen molar-refractivity contribution in [3.8, 4) is 0 Å². The molecule has 0 amide bonds. The van der Waals surface area contributed by atoms with Gasteiger partial charge in [0.05, 0.1) is 22.2 Å². The van der Waals surface area contributed by atoms with Gasteiger partial charge in [-0.3, -0.25) is 0 Å². The van der Waals surface area contributed by atoms with E-state index in [1.165, 1.54) is 0 Å². The summed E-state index contributed by atoms with van der Waals surface area (Å²) in [4.78, 5) is 2.16. The van der Waals surface area contributed by atoms with Gasteiger partial charge in [-0.05, 0) is 17.7 Å². The molecule has 1 aliphatic rings. The molecule has 0 bridgehead atoms. The Labute approximate surface area is 125 Å². The lowest BCUT2D eigenvalue weighted by atomic mass is 10.2.